The fraction of sp³-hybridized carbons (Fsp3) is 0.184. The van der Waals surface area contributed by atoms with Gasteiger partial charge in [-0.05, 0) is 72.1 Å². The molecule has 6 N–H and O–H groups in total. The first kappa shape index (κ1) is 39.2. The third-order valence-electron chi connectivity index (χ3n) is 7.82. The number of amides is 2. The summed E-state index contributed by atoms with van der Waals surface area (Å²) in [5.74, 6) is -0.0434. The Kier molecular flexibility index (Phi) is 14.5. The number of phenols is 2. The summed E-state index contributed by atoms with van der Waals surface area (Å²) in [6, 6.07) is 30.0. The van der Waals surface area contributed by atoms with Crippen LogP contribution in [0.15, 0.2) is 107 Å². The van der Waals surface area contributed by atoms with Gasteiger partial charge in [0.2, 0.25) is 0 Å². The summed E-state index contributed by atoms with van der Waals surface area (Å²) >= 11 is 25.9. The van der Waals surface area contributed by atoms with Crippen LogP contribution in [-0.2, 0) is 17.8 Å². The van der Waals surface area contributed by atoms with E-state index < -0.39 is 0 Å². The number of phenolic OH excluding ortho intramolecular Hbond substituents is 2. The lowest BCUT2D eigenvalue weighted by atomic mass is 10.2. The number of halogens is 4. The van der Waals surface area contributed by atoms with E-state index >= 15 is 0 Å². The van der Waals surface area contributed by atoms with Crippen molar-refractivity contribution in [3.63, 3.8) is 0 Å². The lowest BCUT2D eigenvalue weighted by Gasteiger charge is -2.27. The van der Waals surface area contributed by atoms with E-state index in [-0.39, 0.29) is 27.6 Å². The van der Waals surface area contributed by atoms with E-state index in [1.807, 2.05) is 78.9 Å². The lowest BCUT2D eigenvalue weighted by Crippen LogP contribution is -2.49. The predicted octanol–water partition coefficient (Wildman–Crippen LogP) is 10.5. The van der Waals surface area contributed by atoms with Crippen molar-refractivity contribution in [2.45, 2.75) is 29.8 Å². The van der Waals surface area contributed by atoms with E-state index in [2.05, 4.69) is 21.4 Å². The topological polar surface area (TPSA) is 118 Å². The number of rotatable bonds is 10. The molecule has 0 aromatic heterocycles. The van der Waals surface area contributed by atoms with Gasteiger partial charge in [-0.15, -0.1) is 0 Å². The van der Waals surface area contributed by atoms with Gasteiger partial charge in [-0.1, -0.05) is 107 Å². The average Bonchev–Trinajstić information content (AvgIpc) is 3.15. The average molecular weight is 802 g/mol. The summed E-state index contributed by atoms with van der Waals surface area (Å²) in [7, 11) is 0. The van der Waals surface area contributed by atoms with Crippen molar-refractivity contribution in [1.82, 2.24) is 10.4 Å². The first-order valence-electron chi connectivity index (χ1n) is 16.2. The third-order valence-corrected chi connectivity index (χ3v) is 10.3. The minimum absolute atomic E-state index is 0.0366. The fourth-order valence-electron chi connectivity index (χ4n) is 4.99. The van der Waals surface area contributed by atoms with Crippen molar-refractivity contribution in [3.8, 4) is 11.5 Å². The highest BCUT2D eigenvalue weighted by molar-refractivity contribution is 7.99. The lowest BCUT2D eigenvalue weighted by molar-refractivity contribution is 0.0207. The minimum atomic E-state index is -0.390. The second kappa shape index (κ2) is 19.2. The van der Waals surface area contributed by atoms with Crippen molar-refractivity contribution >= 4 is 81.3 Å². The van der Waals surface area contributed by atoms with E-state index in [1.54, 1.807) is 35.8 Å². The summed E-state index contributed by atoms with van der Waals surface area (Å²) in [6.45, 7) is 5.18. The Balaban J connectivity index is 0.000000244. The number of hydrogen-bond acceptors (Lipinski definition) is 8. The molecule has 0 spiro atoms. The van der Waals surface area contributed by atoms with Crippen LogP contribution in [-0.4, -0.2) is 47.6 Å². The van der Waals surface area contributed by atoms with Crippen LogP contribution in [0.5, 0.6) is 11.5 Å². The highest BCUT2D eigenvalue weighted by Gasteiger charge is 2.16. The maximum Gasteiger partial charge on any atom is 0.333 e. The number of carbonyl (C=O) groups is 1. The number of urea groups is 1. The van der Waals surface area contributed by atoms with E-state index in [4.69, 9.17) is 51.1 Å². The highest BCUT2D eigenvalue weighted by Crippen LogP contribution is 2.39. The molecule has 1 fully saturated rings. The van der Waals surface area contributed by atoms with Crippen molar-refractivity contribution in [1.29, 1.82) is 0 Å². The molecular formula is C38H37Cl4N5O4S. The van der Waals surface area contributed by atoms with Crippen molar-refractivity contribution in [3.05, 3.63) is 134 Å². The summed E-state index contributed by atoms with van der Waals surface area (Å²) < 4.78 is 5.28. The maximum atomic E-state index is 12.4. The molecular weight excluding hydrogens is 764 g/mol. The molecule has 6 rings (SSSR count). The molecule has 0 aliphatic carbocycles. The van der Waals surface area contributed by atoms with Crippen LogP contribution < -0.4 is 21.4 Å². The second-order valence-electron chi connectivity index (χ2n) is 11.6. The van der Waals surface area contributed by atoms with Gasteiger partial charge >= 0.3 is 6.03 Å². The van der Waals surface area contributed by atoms with E-state index in [1.165, 1.54) is 6.07 Å². The molecule has 1 heterocycles. The molecule has 0 atom stereocenters. The Morgan fingerprint density at radius 1 is 0.788 bits per heavy atom. The smallest absolute Gasteiger partial charge is 0.333 e. The van der Waals surface area contributed by atoms with Crippen LogP contribution in [0.2, 0.25) is 20.1 Å². The molecule has 272 valence electrons. The molecule has 9 nitrogen and oxygen atoms in total. The Hall–Kier alpha value is -4.00. The monoisotopic (exact) mass is 799 g/mol. The predicted molar refractivity (Wildman–Crippen MR) is 214 cm³/mol. The highest BCUT2D eigenvalue weighted by atomic mass is 35.5. The van der Waals surface area contributed by atoms with Crippen LogP contribution in [0.1, 0.15) is 16.7 Å². The number of anilines is 3. The Bertz CT molecular complexity index is 1970. The van der Waals surface area contributed by atoms with Gasteiger partial charge in [0.1, 0.15) is 0 Å². The molecule has 0 unspecified atom stereocenters. The normalized spacial score (nSPS) is 12.7. The number of nitrogens with one attached hydrogen (secondary N) is 4. The maximum absolute atomic E-state index is 12.4. The summed E-state index contributed by atoms with van der Waals surface area (Å²) in [5.41, 5.74) is 7.04. The van der Waals surface area contributed by atoms with Crippen LogP contribution in [0.3, 0.4) is 0 Å². The number of nitrogens with zero attached hydrogens (tertiary/aromatic N) is 1. The second-order valence-corrected chi connectivity index (χ2v) is 14.3. The summed E-state index contributed by atoms with van der Waals surface area (Å²) in [4.78, 5) is 14.5. The standard InChI is InChI=1S/C24H24Cl2N4O3S.C14H13Cl2NO/c25-17-5-7-19(8-6-17)34-22-4-2-1-3-16(22)15-27-21-14-18(13-20(26)23(21)31)28-24(32)29-30-9-11-33-12-10-30;1-9-11(15)7-12(14(18)13(9)16)17-8-10-5-3-2-4-6-10/h1-8,13-14,27,31H,9-12,15H2,(H2,28,29,32);2-7,17-18H,8H2,1H3. The largest absolute Gasteiger partial charge is 0.504 e. The molecule has 5 aromatic rings. The molecule has 1 saturated heterocycles. The van der Waals surface area contributed by atoms with Gasteiger partial charge in [-0.25, -0.2) is 9.80 Å². The van der Waals surface area contributed by atoms with Gasteiger partial charge in [0.05, 0.1) is 34.6 Å². The van der Waals surface area contributed by atoms with Gasteiger partial charge in [0.25, 0.3) is 0 Å². The fourth-order valence-corrected chi connectivity index (χ4v) is 6.73. The van der Waals surface area contributed by atoms with Gasteiger partial charge in [-0.3, -0.25) is 5.43 Å². The number of hydrazine groups is 1. The first-order valence-corrected chi connectivity index (χ1v) is 18.5. The molecule has 52 heavy (non-hydrogen) atoms. The number of morpholine rings is 1. The molecule has 0 bridgehead atoms. The molecule has 0 radical (unpaired) electrons. The zero-order valence-corrected chi connectivity index (χ0v) is 31.9. The number of carbonyl (C=O) groups excluding carboxylic acids is 1. The SMILES string of the molecule is Cc1c(Cl)cc(NCc2ccccc2)c(O)c1Cl.O=C(Nc1cc(Cl)c(O)c(NCc2ccccc2Sc2ccc(Cl)cc2)c1)NN1CCOCC1. The Morgan fingerprint density at radius 2 is 1.44 bits per heavy atom. The van der Waals surface area contributed by atoms with Crippen LogP contribution in [0.4, 0.5) is 21.9 Å². The van der Waals surface area contributed by atoms with Crippen LogP contribution >= 0.6 is 58.2 Å². The molecule has 5 aromatic carbocycles. The van der Waals surface area contributed by atoms with Crippen molar-refractivity contribution in [2.24, 2.45) is 0 Å². The van der Waals surface area contributed by atoms with Gasteiger partial charge in [0.15, 0.2) is 11.5 Å². The third kappa shape index (κ3) is 11.2. The van der Waals surface area contributed by atoms with E-state index in [9.17, 15) is 15.0 Å². The molecule has 2 amide bonds. The molecule has 14 heteroatoms. The van der Waals surface area contributed by atoms with Gasteiger partial charge in [-0.2, -0.15) is 0 Å². The number of ether oxygens (including phenoxy) is 1. The van der Waals surface area contributed by atoms with Gasteiger partial charge in [0, 0.05) is 51.7 Å². The van der Waals surface area contributed by atoms with Gasteiger partial charge < -0.3 is 30.9 Å². The van der Waals surface area contributed by atoms with Crippen molar-refractivity contribution < 1.29 is 19.7 Å². The number of hydrogen-bond donors (Lipinski definition) is 6. The van der Waals surface area contributed by atoms with Crippen LogP contribution in [0.25, 0.3) is 0 Å². The summed E-state index contributed by atoms with van der Waals surface area (Å²) in [6.07, 6.45) is 0. The van der Waals surface area contributed by atoms with E-state index in [0.717, 1.165) is 20.9 Å². The Labute approximate surface area is 327 Å². The Morgan fingerprint density at radius 3 is 2.17 bits per heavy atom. The van der Waals surface area contributed by atoms with E-state index in [0.29, 0.717) is 72.1 Å². The molecule has 0 saturated carbocycles. The zero-order chi connectivity index (χ0) is 37.0. The molecule has 1 aliphatic rings. The first-order chi connectivity index (χ1) is 25.1. The zero-order valence-electron chi connectivity index (χ0n) is 28.1. The quantitative estimate of drug-likeness (QED) is 0.0611. The minimum Gasteiger partial charge on any atom is -0.504 e. The molecule has 1 aliphatic heterocycles. The number of aromatic hydroxyl groups is 2. The summed E-state index contributed by atoms with van der Waals surface area (Å²) in [5, 5.41) is 32.9. The number of benzene rings is 5. The van der Waals surface area contributed by atoms with Crippen LogP contribution in [0, 0.1) is 6.92 Å². The van der Waals surface area contributed by atoms with Crippen molar-refractivity contribution in [2.75, 3.05) is 42.3 Å².